The van der Waals surface area contributed by atoms with Crippen LogP contribution in [0.15, 0.2) is 210 Å². The molecule has 3 heterocycles. The molecule has 6 heteroatoms. The van der Waals surface area contributed by atoms with E-state index in [1.165, 1.54) is 33.4 Å². The Morgan fingerprint density at radius 3 is 0.638 bits per heavy atom. The monoisotopic (exact) mass is 906 g/mol. The highest BCUT2D eigenvalue weighted by Crippen LogP contribution is 2.38. The van der Waals surface area contributed by atoms with Gasteiger partial charge in [-0.15, -0.1) is 0 Å². The number of hydrogen-bond donors (Lipinski definition) is 0. The minimum Gasteiger partial charge on any atom is -0.422 e. The lowest BCUT2D eigenvalue weighted by Crippen LogP contribution is -2.15. The Hall–Kier alpha value is -7.83. The molecule has 6 aromatic carbocycles. The zero-order valence-electron chi connectivity index (χ0n) is 38.8. The van der Waals surface area contributed by atoms with Crippen LogP contribution in [0, 0.1) is 0 Å². The summed E-state index contributed by atoms with van der Waals surface area (Å²) < 4.78 is 17.4. The van der Waals surface area contributed by atoms with Gasteiger partial charge in [-0.1, -0.05) is 182 Å². The second-order valence-electron chi connectivity index (χ2n) is 18.0. The van der Waals surface area contributed by atoms with Crippen LogP contribution in [0.1, 0.15) is 71.9 Å². The largest absolute Gasteiger partial charge is 0.422 e. The van der Waals surface area contributed by atoms with Gasteiger partial charge in [0.2, 0.25) is 0 Å². The van der Waals surface area contributed by atoms with Gasteiger partial charge in [0.1, 0.15) is 17.3 Å². The van der Waals surface area contributed by atoms with E-state index in [2.05, 4.69) is 0 Å². The summed E-state index contributed by atoms with van der Waals surface area (Å²) in [5.74, 6) is 2.26. The molecule has 0 saturated heterocycles. The van der Waals surface area contributed by atoms with Crippen LogP contribution in [-0.4, -0.2) is 0 Å². The third kappa shape index (κ3) is 9.66. The molecule has 6 nitrogen and oxygen atoms in total. The molecule has 0 amide bonds. The van der Waals surface area contributed by atoms with Crippen molar-refractivity contribution in [1.29, 1.82) is 0 Å². The summed E-state index contributed by atoms with van der Waals surface area (Å²) in [4.78, 5) is 38.2. The molecule has 3 aliphatic carbocycles. The summed E-state index contributed by atoms with van der Waals surface area (Å²) in [5, 5.41) is 0. The molecule has 0 aliphatic heterocycles. The highest BCUT2D eigenvalue weighted by molar-refractivity contribution is 5.76. The van der Waals surface area contributed by atoms with E-state index in [1.54, 1.807) is 0 Å². The first kappa shape index (κ1) is 45.0. The summed E-state index contributed by atoms with van der Waals surface area (Å²) in [7, 11) is 0. The maximum atomic E-state index is 12.7. The van der Waals surface area contributed by atoms with Crippen molar-refractivity contribution in [2.45, 2.75) is 77.0 Å². The first-order chi connectivity index (χ1) is 34.0. The van der Waals surface area contributed by atoms with Gasteiger partial charge in [0.05, 0.1) is 16.7 Å². The average Bonchev–Trinajstić information content (AvgIpc) is 3.42. The van der Waals surface area contributed by atoms with Crippen LogP contribution in [0.5, 0.6) is 0 Å². The fraction of sp³-hybridized carbons (Fsp3) is 0.190. The summed E-state index contributed by atoms with van der Waals surface area (Å²) in [5.41, 5.74) is 14.6. The predicted octanol–water partition coefficient (Wildman–Crippen LogP) is 14.6. The first-order valence-electron chi connectivity index (χ1n) is 24.4. The molecular formula is C63H54O6. The van der Waals surface area contributed by atoms with Crippen LogP contribution in [0.25, 0.3) is 67.4 Å². The number of benzene rings is 6. The molecule has 9 aromatic rings. The van der Waals surface area contributed by atoms with E-state index in [0.717, 1.165) is 144 Å². The molecule has 69 heavy (non-hydrogen) atoms. The zero-order valence-corrected chi connectivity index (χ0v) is 38.8. The van der Waals surface area contributed by atoms with E-state index in [1.807, 2.05) is 182 Å². The maximum Gasteiger partial charge on any atom is 0.344 e. The number of hydrogen-bond acceptors (Lipinski definition) is 6. The van der Waals surface area contributed by atoms with Gasteiger partial charge in [-0.3, -0.25) is 0 Å². The number of fused-ring (bicyclic) bond motifs is 3. The molecule has 3 aromatic heterocycles. The third-order valence-corrected chi connectivity index (χ3v) is 13.6. The minimum atomic E-state index is -0.226. The van der Waals surface area contributed by atoms with Crippen molar-refractivity contribution in [2.24, 2.45) is 0 Å². The summed E-state index contributed by atoms with van der Waals surface area (Å²) >= 11 is 0. The molecule has 0 spiro atoms. The fourth-order valence-electron chi connectivity index (χ4n) is 10.4. The van der Waals surface area contributed by atoms with Crippen LogP contribution in [0.2, 0.25) is 0 Å². The average molecular weight is 907 g/mol. The molecular weight excluding hydrogens is 853 g/mol. The van der Waals surface area contributed by atoms with Crippen molar-refractivity contribution in [1.82, 2.24) is 0 Å². The lowest BCUT2D eigenvalue weighted by Gasteiger charge is -2.21. The van der Waals surface area contributed by atoms with E-state index in [-0.39, 0.29) is 16.9 Å². The van der Waals surface area contributed by atoms with E-state index >= 15 is 0 Å². The van der Waals surface area contributed by atoms with E-state index in [4.69, 9.17) is 13.3 Å². The van der Waals surface area contributed by atoms with Crippen molar-refractivity contribution in [3.63, 3.8) is 0 Å². The molecule has 0 bridgehead atoms. The Bertz CT molecular complexity index is 2990. The SMILES string of the molecule is O=c1oc(-c2ccccc2)c2c(c1-c1ccccc1)CCCC2.O=c1oc(-c2ccccc2)c2c(c1-c1ccccc1)CCCC2.O=c1oc(-c2ccccc2)c2c(c1-c1ccccc1)CCCC2. The molecule has 0 radical (unpaired) electrons. The molecule has 3 aliphatic rings. The molecule has 0 atom stereocenters. The van der Waals surface area contributed by atoms with Gasteiger partial charge < -0.3 is 13.3 Å². The van der Waals surface area contributed by atoms with Gasteiger partial charge in [-0.25, -0.2) is 14.4 Å². The maximum absolute atomic E-state index is 12.7. The Morgan fingerprint density at radius 2 is 0.420 bits per heavy atom. The van der Waals surface area contributed by atoms with Gasteiger partial charge in [0.15, 0.2) is 0 Å². The lowest BCUT2D eigenvalue weighted by molar-refractivity contribution is 0.510. The van der Waals surface area contributed by atoms with Gasteiger partial charge in [-0.2, -0.15) is 0 Å². The smallest absolute Gasteiger partial charge is 0.344 e. The standard InChI is InChI=1S/3C21H18O2/c3*22-21-19(15-9-3-1-4-10-15)17-13-7-8-14-18(17)20(23-21)16-11-5-2-6-12-16/h3*1-6,9-12H,7-8,13-14H2. The molecule has 12 rings (SSSR count). The second kappa shape index (κ2) is 21.0. The number of rotatable bonds is 6. The van der Waals surface area contributed by atoms with Crippen LogP contribution in [0.4, 0.5) is 0 Å². The Kier molecular flexibility index (Phi) is 13.7. The van der Waals surface area contributed by atoms with Crippen LogP contribution in [-0.2, 0) is 38.5 Å². The lowest BCUT2D eigenvalue weighted by atomic mass is 9.85. The van der Waals surface area contributed by atoms with E-state index in [9.17, 15) is 14.4 Å². The van der Waals surface area contributed by atoms with Crippen molar-refractivity contribution in [3.05, 3.63) is 247 Å². The summed E-state index contributed by atoms with van der Waals surface area (Å²) in [6, 6.07) is 59.5. The Labute approximate surface area is 402 Å². The minimum absolute atomic E-state index is 0.226. The molecule has 342 valence electrons. The van der Waals surface area contributed by atoms with Gasteiger partial charge in [-0.05, 0) is 127 Å². The summed E-state index contributed by atoms with van der Waals surface area (Å²) in [6.07, 6.45) is 12.6. The molecule has 0 fully saturated rings. The highest BCUT2D eigenvalue weighted by atomic mass is 16.4. The Morgan fingerprint density at radius 1 is 0.232 bits per heavy atom. The van der Waals surface area contributed by atoms with Gasteiger partial charge in [0, 0.05) is 16.7 Å². The zero-order chi connectivity index (χ0) is 46.9. The van der Waals surface area contributed by atoms with Crippen molar-refractivity contribution in [2.75, 3.05) is 0 Å². The van der Waals surface area contributed by atoms with Crippen molar-refractivity contribution >= 4 is 0 Å². The van der Waals surface area contributed by atoms with Crippen molar-refractivity contribution in [3.8, 4) is 67.4 Å². The molecule has 0 N–H and O–H groups in total. The first-order valence-corrected chi connectivity index (χ1v) is 24.4. The molecule has 0 saturated carbocycles. The topological polar surface area (TPSA) is 90.6 Å². The fourth-order valence-corrected chi connectivity index (χ4v) is 10.4. The van der Waals surface area contributed by atoms with Gasteiger partial charge >= 0.3 is 16.9 Å². The van der Waals surface area contributed by atoms with Gasteiger partial charge in [0.25, 0.3) is 0 Å². The summed E-state index contributed by atoms with van der Waals surface area (Å²) in [6.45, 7) is 0. The third-order valence-electron chi connectivity index (χ3n) is 13.6. The van der Waals surface area contributed by atoms with E-state index in [0.29, 0.717) is 0 Å². The predicted molar refractivity (Wildman–Crippen MR) is 277 cm³/mol. The highest BCUT2D eigenvalue weighted by Gasteiger charge is 2.26. The van der Waals surface area contributed by atoms with Crippen LogP contribution in [0.3, 0.4) is 0 Å². The quantitative estimate of drug-likeness (QED) is 0.165. The van der Waals surface area contributed by atoms with E-state index < -0.39 is 0 Å². The van der Waals surface area contributed by atoms with Crippen molar-refractivity contribution < 1.29 is 13.3 Å². The normalized spacial score (nSPS) is 13.6. The molecule has 0 unspecified atom stereocenters. The second-order valence-corrected chi connectivity index (χ2v) is 18.0. The Balaban J connectivity index is 0.000000120. The van der Waals surface area contributed by atoms with Crippen LogP contribution >= 0.6 is 0 Å². The van der Waals surface area contributed by atoms with Crippen LogP contribution < -0.4 is 16.9 Å².